The summed E-state index contributed by atoms with van der Waals surface area (Å²) in [7, 11) is 0. The summed E-state index contributed by atoms with van der Waals surface area (Å²) in [6.45, 7) is 50.2. The normalized spacial score (nSPS) is 16.5. The van der Waals surface area contributed by atoms with Gasteiger partial charge < -0.3 is 16.4 Å². The number of nitrogens with two attached hydrogens (primary N) is 1. The lowest BCUT2D eigenvalue weighted by atomic mass is 9.72. The molecule has 0 aliphatic carbocycles. The van der Waals surface area contributed by atoms with Gasteiger partial charge in [0.2, 0.25) is 12.2 Å². The van der Waals surface area contributed by atoms with Crippen LogP contribution in [-0.2, 0) is 59.6 Å². The summed E-state index contributed by atoms with van der Waals surface area (Å²) in [4.78, 5) is 65.0. The molecule has 4 unspecified atom stereocenters. The number of carbonyl (C=O) groups is 1. The predicted molar refractivity (Wildman–Crippen MR) is 485 cm³/mol. The largest absolute Gasteiger partial charge is 0.338 e. The van der Waals surface area contributed by atoms with Crippen molar-refractivity contribution in [3.8, 4) is 0 Å². The Morgan fingerprint density at radius 2 is 0.930 bits per heavy atom. The van der Waals surface area contributed by atoms with Gasteiger partial charge in [0.25, 0.3) is 0 Å². The van der Waals surface area contributed by atoms with Crippen molar-refractivity contribution in [2.45, 2.75) is 283 Å². The van der Waals surface area contributed by atoms with Crippen LogP contribution >= 0.6 is 31.9 Å². The van der Waals surface area contributed by atoms with E-state index < -0.39 is 16.6 Å². The molecule has 16 heteroatoms. The number of isocyanates is 2. The quantitative estimate of drug-likeness (QED) is 0.0302. The molecule has 6 aromatic carbocycles. The summed E-state index contributed by atoms with van der Waals surface area (Å²) in [6.07, 6.45) is 26.8. The maximum absolute atomic E-state index is 13.0. The van der Waals surface area contributed by atoms with Crippen LogP contribution in [0.5, 0.6) is 0 Å². The Hall–Kier alpha value is -8.11. The number of rotatable bonds is 29. The number of aromatic nitrogens is 2. The van der Waals surface area contributed by atoms with Crippen molar-refractivity contribution in [1.29, 1.82) is 0 Å². The van der Waals surface area contributed by atoms with Gasteiger partial charge in [-0.15, -0.1) is 0 Å². The van der Waals surface area contributed by atoms with Crippen molar-refractivity contribution < 1.29 is 24.1 Å². The number of hydrogen-bond donors (Lipinski definition) is 3. The Bertz CT molecular complexity index is 4390. The standard InChI is InChI=1S/C39H55BrN4O2.C31H45N3O2.C13H15NO.C8H10BrN.C8H8/c1-9-21-39(8,28-34(30-19-24-41-25-20-30)46-44-36(2,3)22-11-23-37(44,4)5)32-13-10-12-31(27-32)38(6,7)43-35(45)42-26-18-29-14-16-33(40)17-15-29;1-9-16-31(8,26-13-10-12-25(21-26)30(6,7)33-23-35)22-27(24-14-19-32-20-15-24)36-34-28(2,3)17-11-18-29(34,4)5;1-10(2)11-6-5-7-12(8-11)13(3,4)14-9-15;9-8-3-1-7(2-4-8)5-6-10;1-2-8-6-4-3-5-7-8/h10,12-17,19-20,24-25,27,34H,9,11,18,21-23,26,28H2,1-8H3,(H2,42,43,45);10,12-15,19-21,27H,9,11,16-18,22H2,1-8H3;5-8H,1H2,2-4H3;1-4H,5-6,10H2;2-7H,1H2. The Labute approximate surface area is 707 Å². The van der Waals surface area contributed by atoms with Crippen LogP contribution in [-0.4, -0.2) is 73.5 Å². The Balaban J connectivity index is 0.000000259. The molecule has 2 amide bonds. The number of allylic oxidation sites excluding steroid dienone is 1. The molecule has 115 heavy (non-hydrogen) atoms. The highest BCUT2D eigenvalue weighted by Crippen LogP contribution is 2.48. The number of hydrogen-bond acceptors (Lipinski definition) is 12. The maximum Gasteiger partial charge on any atom is 0.315 e. The van der Waals surface area contributed by atoms with E-state index >= 15 is 0 Å². The van der Waals surface area contributed by atoms with Crippen LogP contribution in [0.15, 0.2) is 233 Å². The molecule has 2 aliphatic heterocycles. The van der Waals surface area contributed by atoms with Crippen molar-refractivity contribution >= 4 is 61.7 Å². The van der Waals surface area contributed by atoms with Crippen LogP contribution in [0.25, 0.3) is 11.6 Å². The highest BCUT2D eigenvalue weighted by atomic mass is 79.9. The second-order valence-corrected chi connectivity index (χ2v) is 37.4. The van der Waals surface area contributed by atoms with Gasteiger partial charge in [-0.25, -0.2) is 14.4 Å². The first-order valence-electron chi connectivity index (χ1n) is 41.1. The molecule has 0 radical (unpaired) electrons. The van der Waals surface area contributed by atoms with E-state index in [9.17, 15) is 14.4 Å². The van der Waals surface area contributed by atoms with E-state index in [1.807, 2.05) is 150 Å². The van der Waals surface area contributed by atoms with Crippen LogP contribution in [0.1, 0.15) is 282 Å². The first kappa shape index (κ1) is 95.7. The number of pyridine rings is 2. The van der Waals surface area contributed by atoms with Crippen molar-refractivity contribution in [3.05, 3.63) is 284 Å². The summed E-state index contributed by atoms with van der Waals surface area (Å²) in [6, 6.07) is 59.9. The fourth-order valence-electron chi connectivity index (χ4n) is 15.9. The number of aliphatic imine (C=N–C) groups is 2. The third-order valence-corrected chi connectivity index (χ3v) is 23.6. The number of piperidine rings is 2. The van der Waals surface area contributed by atoms with E-state index in [-0.39, 0.29) is 51.2 Å². The zero-order chi connectivity index (χ0) is 84.9. The third-order valence-electron chi connectivity index (χ3n) is 22.5. The summed E-state index contributed by atoms with van der Waals surface area (Å²) < 4.78 is 2.17. The second-order valence-electron chi connectivity index (χ2n) is 35.5. The molecular weight excluding hydrogens is 1550 g/mol. The lowest BCUT2D eigenvalue weighted by Gasteiger charge is -2.53. The predicted octanol–water partition coefficient (Wildman–Crippen LogP) is 25.2. The zero-order valence-corrected chi connectivity index (χ0v) is 75.7. The first-order valence-corrected chi connectivity index (χ1v) is 42.6. The molecule has 10 rings (SSSR count). The highest BCUT2D eigenvalue weighted by molar-refractivity contribution is 9.10. The fraction of sp³-hybridized carbons (Fsp3) is 0.465. The van der Waals surface area contributed by atoms with Crippen LogP contribution in [0.2, 0.25) is 0 Å². The van der Waals surface area contributed by atoms with Gasteiger partial charge >= 0.3 is 6.03 Å². The van der Waals surface area contributed by atoms with E-state index in [0.29, 0.717) is 6.54 Å². The SMILES string of the molecule is C=C(C)c1cccc(C(C)(C)N=C=O)c1.C=Cc1ccccc1.CCCC(C)(CC(ON1C(C)(C)CCCC1(C)C)c1ccncc1)c1cccc(C(C)(C)N=C=O)c1.CCCC(C)(CC(ON1C(C)(C)CCCC1(C)C)c1ccncc1)c1cccc(C(C)(C)NC(=O)NCCc2ccc(Br)cc2)c1.NCCc1ccc(Br)cc1. The van der Waals surface area contributed by atoms with Gasteiger partial charge in [0.15, 0.2) is 0 Å². The molecule has 14 nitrogen and oxygen atoms in total. The molecular formula is C99H133Br2N9O5. The van der Waals surface area contributed by atoms with Crippen molar-refractivity contribution in [2.75, 3.05) is 13.1 Å². The number of amides is 2. The minimum Gasteiger partial charge on any atom is -0.338 e. The lowest BCUT2D eigenvalue weighted by Crippen LogP contribution is -2.58. The number of carbonyl (C=O) groups excluding carboxylic acids is 3. The molecule has 2 aliphatic rings. The summed E-state index contributed by atoms with van der Waals surface area (Å²) in [5, 5.41) is 10.8. The Kier molecular flexibility index (Phi) is 36.6. The van der Waals surface area contributed by atoms with Crippen LogP contribution in [0.4, 0.5) is 4.79 Å². The van der Waals surface area contributed by atoms with Crippen LogP contribution in [0, 0.1) is 0 Å². The summed E-state index contributed by atoms with van der Waals surface area (Å²) in [5.74, 6) is 0. The molecule has 2 aromatic heterocycles. The molecule has 618 valence electrons. The van der Waals surface area contributed by atoms with Crippen LogP contribution in [0.3, 0.4) is 0 Å². The Morgan fingerprint density at radius 1 is 0.548 bits per heavy atom. The lowest BCUT2D eigenvalue weighted by molar-refractivity contribution is -0.310. The topological polar surface area (TPSA) is 177 Å². The average molecular weight is 1690 g/mol. The van der Waals surface area contributed by atoms with E-state index in [2.05, 4.69) is 274 Å². The molecule has 2 saturated heterocycles. The molecule has 0 spiro atoms. The molecule has 0 bridgehead atoms. The smallest absolute Gasteiger partial charge is 0.315 e. The molecule has 4 heterocycles. The van der Waals surface area contributed by atoms with Gasteiger partial charge in [-0.2, -0.15) is 20.1 Å². The first-order chi connectivity index (χ1) is 54.2. The third kappa shape index (κ3) is 29.2. The van der Waals surface area contributed by atoms with E-state index in [4.69, 9.17) is 15.4 Å². The number of nitrogens with one attached hydrogen (secondary N) is 2. The minimum absolute atomic E-state index is 0.0506. The van der Waals surface area contributed by atoms with Gasteiger partial charge in [-0.3, -0.25) is 19.6 Å². The fourth-order valence-corrected chi connectivity index (χ4v) is 16.4. The Morgan fingerprint density at radius 3 is 1.31 bits per heavy atom. The van der Waals surface area contributed by atoms with Gasteiger partial charge in [0.1, 0.15) is 12.2 Å². The minimum atomic E-state index is -0.617. The van der Waals surface area contributed by atoms with Crippen LogP contribution < -0.4 is 16.4 Å². The number of urea groups is 1. The monoisotopic (exact) mass is 1690 g/mol. The molecule has 8 aromatic rings. The number of hydroxylamine groups is 4. The maximum atomic E-state index is 13.0. The van der Waals surface area contributed by atoms with Gasteiger partial charge in [0, 0.05) is 62.4 Å². The number of halogens is 2. The second kappa shape index (κ2) is 43.9. The van der Waals surface area contributed by atoms with Crippen molar-refractivity contribution in [1.82, 2.24) is 30.7 Å². The van der Waals surface area contributed by atoms with Gasteiger partial charge in [0.05, 0.1) is 16.6 Å². The van der Waals surface area contributed by atoms with E-state index in [1.54, 1.807) is 12.2 Å². The molecule has 4 N–H and O–H groups in total. The zero-order valence-electron chi connectivity index (χ0n) is 72.6. The average Bonchev–Trinajstić information content (AvgIpc) is 0.774. The number of nitrogens with zero attached hydrogens (tertiary/aromatic N) is 6. The van der Waals surface area contributed by atoms with Gasteiger partial charge in [-0.05, 0) is 314 Å². The summed E-state index contributed by atoms with van der Waals surface area (Å²) in [5.41, 5.74) is 16.8. The van der Waals surface area contributed by atoms with E-state index in [0.717, 1.165) is 131 Å². The highest BCUT2D eigenvalue weighted by Gasteiger charge is 2.47. The summed E-state index contributed by atoms with van der Waals surface area (Å²) >= 11 is 6.84. The van der Waals surface area contributed by atoms with Crippen molar-refractivity contribution in [3.63, 3.8) is 0 Å². The number of benzene rings is 6. The van der Waals surface area contributed by atoms with Gasteiger partial charge in [-0.1, -0.05) is 219 Å². The van der Waals surface area contributed by atoms with Crippen molar-refractivity contribution in [2.24, 2.45) is 15.7 Å². The molecule has 0 saturated carbocycles. The molecule has 4 atom stereocenters. The molecule has 2 fully saturated rings. The van der Waals surface area contributed by atoms with E-state index in [1.165, 1.54) is 40.7 Å².